The third kappa shape index (κ3) is 2.34. The highest BCUT2D eigenvalue weighted by Crippen LogP contribution is 2.25. The Morgan fingerprint density at radius 3 is 2.95 bits per heavy atom. The number of hydrogen-bond acceptors (Lipinski definition) is 6. The second-order valence-electron chi connectivity index (χ2n) is 4.07. The number of sulfonamides is 1. The van der Waals surface area contributed by atoms with Crippen molar-refractivity contribution in [3.63, 3.8) is 0 Å². The molecule has 2 aromatic rings. The molecule has 0 radical (unpaired) electrons. The van der Waals surface area contributed by atoms with E-state index in [9.17, 15) is 8.42 Å². The molecule has 1 aromatic heterocycles. The van der Waals surface area contributed by atoms with Crippen molar-refractivity contribution in [2.45, 2.75) is 11.3 Å². The highest BCUT2D eigenvalue weighted by Gasteiger charge is 2.19. The Hall–Kier alpha value is -2.22. The minimum Gasteiger partial charge on any atom is -0.384 e. The van der Waals surface area contributed by atoms with E-state index in [2.05, 4.69) is 25.2 Å². The summed E-state index contributed by atoms with van der Waals surface area (Å²) in [4.78, 5) is 3.98. The minimum atomic E-state index is -3.68. The van der Waals surface area contributed by atoms with Gasteiger partial charge in [-0.1, -0.05) is 0 Å². The van der Waals surface area contributed by atoms with Gasteiger partial charge in [0.25, 0.3) is 16.0 Å². The Kier molecular flexibility index (Phi) is 2.79. The monoisotopic (exact) mass is 277 g/mol. The number of benzene rings is 1. The maximum atomic E-state index is 12.2. The lowest BCUT2D eigenvalue weighted by atomic mass is 10.2. The average Bonchev–Trinajstić information content (AvgIpc) is 2.86. The molecule has 3 rings (SSSR count). The molecule has 2 N–H and O–H groups in total. The van der Waals surface area contributed by atoms with Crippen LogP contribution in [0.15, 0.2) is 35.5 Å². The Balaban J connectivity index is 1.92. The van der Waals surface area contributed by atoms with Crippen molar-refractivity contribution in [1.29, 1.82) is 0 Å². The van der Waals surface area contributed by atoms with Crippen molar-refractivity contribution in [2.24, 2.45) is 0 Å². The van der Waals surface area contributed by atoms with Crippen LogP contribution < -0.4 is 10.0 Å². The highest BCUT2D eigenvalue weighted by atomic mass is 32.2. The van der Waals surface area contributed by atoms with Crippen LogP contribution in [0.3, 0.4) is 0 Å². The SMILES string of the molecule is O=S(=O)(Nc1nccnn1)c1ccc2c(c1)CCN2. The molecule has 1 aromatic carbocycles. The summed E-state index contributed by atoms with van der Waals surface area (Å²) in [5.74, 6) is -0.0406. The summed E-state index contributed by atoms with van der Waals surface area (Å²) >= 11 is 0. The Labute approximate surface area is 110 Å². The lowest BCUT2D eigenvalue weighted by molar-refractivity contribution is 0.600. The number of fused-ring (bicyclic) bond motifs is 1. The van der Waals surface area contributed by atoms with Crippen molar-refractivity contribution < 1.29 is 8.42 Å². The first-order valence-electron chi connectivity index (χ1n) is 5.68. The molecule has 0 bridgehead atoms. The molecule has 0 spiro atoms. The molecule has 0 fully saturated rings. The van der Waals surface area contributed by atoms with Crippen LogP contribution in [0.4, 0.5) is 11.6 Å². The van der Waals surface area contributed by atoms with Gasteiger partial charge in [0.15, 0.2) is 0 Å². The zero-order valence-electron chi connectivity index (χ0n) is 9.87. The Bertz CT molecular complexity index is 702. The summed E-state index contributed by atoms with van der Waals surface area (Å²) in [5.41, 5.74) is 1.98. The van der Waals surface area contributed by atoms with Crippen molar-refractivity contribution in [3.8, 4) is 0 Å². The standard InChI is InChI=1S/C11H11N5O2S/c17-19(18,16-11-13-5-6-14-15-11)9-1-2-10-8(7-9)3-4-12-10/h1-2,5-7,12H,3-4H2,(H,13,15,16). The van der Waals surface area contributed by atoms with E-state index in [1.54, 1.807) is 18.2 Å². The fraction of sp³-hybridized carbons (Fsp3) is 0.182. The first-order valence-corrected chi connectivity index (χ1v) is 7.17. The van der Waals surface area contributed by atoms with E-state index in [1.165, 1.54) is 12.4 Å². The second-order valence-corrected chi connectivity index (χ2v) is 5.75. The second kappa shape index (κ2) is 4.47. The van der Waals surface area contributed by atoms with Crippen LogP contribution in [0.2, 0.25) is 0 Å². The molecule has 19 heavy (non-hydrogen) atoms. The van der Waals surface area contributed by atoms with Gasteiger partial charge in [-0.25, -0.2) is 18.1 Å². The fourth-order valence-electron chi connectivity index (χ4n) is 1.92. The average molecular weight is 277 g/mol. The van der Waals surface area contributed by atoms with Gasteiger partial charge in [0, 0.05) is 12.2 Å². The van der Waals surface area contributed by atoms with Crippen LogP contribution in [0.5, 0.6) is 0 Å². The van der Waals surface area contributed by atoms with Crippen molar-refractivity contribution in [3.05, 3.63) is 36.2 Å². The molecule has 7 nitrogen and oxygen atoms in total. The third-order valence-electron chi connectivity index (χ3n) is 2.81. The van der Waals surface area contributed by atoms with Crippen LogP contribution in [-0.2, 0) is 16.4 Å². The van der Waals surface area contributed by atoms with Gasteiger partial charge in [-0.15, -0.1) is 5.10 Å². The van der Waals surface area contributed by atoms with Crippen LogP contribution in [0, 0.1) is 0 Å². The summed E-state index contributed by atoms with van der Waals surface area (Å²) in [6.45, 7) is 0.831. The maximum absolute atomic E-state index is 12.2. The molecule has 2 heterocycles. The van der Waals surface area contributed by atoms with Crippen molar-refractivity contribution >= 4 is 21.7 Å². The molecule has 1 aliphatic heterocycles. The van der Waals surface area contributed by atoms with E-state index < -0.39 is 10.0 Å². The van der Waals surface area contributed by atoms with Gasteiger partial charge in [0.2, 0.25) is 0 Å². The molecule has 0 saturated carbocycles. The van der Waals surface area contributed by atoms with E-state index in [0.717, 1.165) is 24.2 Å². The normalized spacial score (nSPS) is 13.7. The molecule has 0 unspecified atom stereocenters. The zero-order valence-corrected chi connectivity index (χ0v) is 10.7. The predicted octanol–water partition coefficient (Wildman–Crippen LogP) is 0.640. The molecule has 0 amide bonds. The van der Waals surface area contributed by atoms with Gasteiger partial charge in [-0.2, -0.15) is 5.10 Å². The quantitative estimate of drug-likeness (QED) is 0.854. The van der Waals surface area contributed by atoms with Crippen LogP contribution in [0.1, 0.15) is 5.56 Å². The van der Waals surface area contributed by atoms with E-state index in [-0.39, 0.29) is 10.8 Å². The summed E-state index contributed by atoms with van der Waals surface area (Å²) in [6.07, 6.45) is 3.57. The van der Waals surface area contributed by atoms with E-state index in [0.29, 0.717) is 0 Å². The first kappa shape index (κ1) is 11.8. The number of nitrogens with zero attached hydrogens (tertiary/aromatic N) is 3. The zero-order chi connectivity index (χ0) is 13.3. The molecular formula is C11H11N5O2S. The lowest BCUT2D eigenvalue weighted by Crippen LogP contribution is -2.15. The number of anilines is 2. The summed E-state index contributed by atoms with van der Waals surface area (Å²) in [7, 11) is -3.68. The maximum Gasteiger partial charge on any atom is 0.264 e. The Morgan fingerprint density at radius 2 is 2.16 bits per heavy atom. The van der Waals surface area contributed by atoms with Crippen molar-refractivity contribution in [2.75, 3.05) is 16.6 Å². The minimum absolute atomic E-state index is 0.0406. The predicted molar refractivity (Wildman–Crippen MR) is 69.3 cm³/mol. The van der Waals surface area contributed by atoms with Crippen molar-refractivity contribution in [1.82, 2.24) is 15.2 Å². The largest absolute Gasteiger partial charge is 0.384 e. The molecule has 0 saturated heterocycles. The molecule has 0 aliphatic carbocycles. The van der Waals surface area contributed by atoms with Crippen LogP contribution in [-0.4, -0.2) is 30.1 Å². The first-order chi connectivity index (χ1) is 9.15. The summed E-state index contributed by atoms with van der Waals surface area (Å²) < 4.78 is 26.6. The number of rotatable bonds is 3. The highest BCUT2D eigenvalue weighted by molar-refractivity contribution is 7.92. The molecular weight excluding hydrogens is 266 g/mol. The van der Waals surface area contributed by atoms with Gasteiger partial charge in [0.1, 0.15) is 0 Å². The number of aromatic nitrogens is 3. The van der Waals surface area contributed by atoms with E-state index in [1.807, 2.05) is 0 Å². The van der Waals surface area contributed by atoms with E-state index >= 15 is 0 Å². The number of hydrogen-bond donors (Lipinski definition) is 2. The van der Waals surface area contributed by atoms with Gasteiger partial charge in [-0.3, -0.25) is 0 Å². The van der Waals surface area contributed by atoms with Gasteiger partial charge in [-0.05, 0) is 30.2 Å². The summed E-state index contributed by atoms with van der Waals surface area (Å²) in [5, 5.41) is 10.3. The lowest BCUT2D eigenvalue weighted by Gasteiger charge is -2.07. The smallest absolute Gasteiger partial charge is 0.264 e. The molecule has 0 atom stereocenters. The van der Waals surface area contributed by atoms with Crippen LogP contribution >= 0.6 is 0 Å². The molecule has 1 aliphatic rings. The van der Waals surface area contributed by atoms with Gasteiger partial charge in [0.05, 0.1) is 17.3 Å². The Morgan fingerprint density at radius 1 is 1.26 bits per heavy atom. The molecule has 98 valence electrons. The van der Waals surface area contributed by atoms with E-state index in [4.69, 9.17) is 0 Å². The fourth-order valence-corrected chi connectivity index (χ4v) is 2.92. The van der Waals surface area contributed by atoms with Gasteiger partial charge < -0.3 is 5.32 Å². The van der Waals surface area contributed by atoms with Gasteiger partial charge >= 0.3 is 0 Å². The summed E-state index contributed by atoms with van der Waals surface area (Å²) in [6, 6.07) is 4.98. The number of nitrogens with one attached hydrogen (secondary N) is 2. The topological polar surface area (TPSA) is 96.9 Å². The van der Waals surface area contributed by atoms with Crippen LogP contribution in [0.25, 0.3) is 0 Å². The molecule has 8 heteroatoms. The third-order valence-corrected chi connectivity index (χ3v) is 4.13.